The number of ether oxygens (including phenoxy) is 6. The van der Waals surface area contributed by atoms with Gasteiger partial charge in [-0.3, -0.25) is 9.80 Å². The van der Waals surface area contributed by atoms with Crippen LogP contribution < -0.4 is 40.2 Å². The van der Waals surface area contributed by atoms with Crippen molar-refractivity contribution in [2.45, 2.75) is 124 Å². The van der Waals surface area contributed by atoms with Crippen molar-refractivity contribution in [1.29, 1.82) is 0 Å². The van der Waals surface area contributed by atoms with E-state index in [4.69, 9.17) is 74.8 Å². The minimum absolute atomic E-state index is 0.0676. The first-order chi connectivity index (χ1) is 41.5. The van der Waals surface area contributed by atoms with Crippen molar-refractivity contribution in [3.05, 3.63) is 115 Å². The third-order valence-electron chi connectivity index (χ3n) is 15.9. The Hall–Kier alpha value is -4.24. The van der Waals surface area contributed by atoms with Crippen LogP contribution in [0.1, 0.15) is 99.7 Å². The largest absolute Gasteiger partial charge is 0.484 e. The van der Waals surface area contributed by atoms with Crippen LogP contribution in [0.4, 0.5) is 9.59 Å². The second kappa shape index (κ2) is 33.5. The lowest BCUT2D eigenvalue weighted by Crippen LogP contribution is -2.47. The quantitative estimate of drug-likeness (QED) is 0.0245. The van der Waals surface area contributed by atoms with E-state index in [-0.39, 0.29) is 125 Å². The summed E-state index contributed by atoms with van der Waals surface area (Å²) in [5.41, 5.74) is 4.01. The molecular weight excluding hydrogens is 1230 g/mol. The minimum atomic E-state index is -3.80. The number of hydrogen-bond donors (Lipinski definition) is 6. The molecule has 6 atom stereocenters. The molecule has 86 heavy (non-hydrogen) atoms. The highest BCUT2D eigenvalue weighted by Gasteiger charge is 2.43. The van der Waals surface area contributed by atoms with Gasteiger partial charge in [-0.25, -0.2) is 35.9 Å². The first-order valence-corrected chi connectivity index (χ1v) is 34.3. The fourth-order valence-electron chi connectivity index (χ4n) is 11.6. The molecule has 0 aromatic heterocycles. The van der Waals surface area contributed by atoms with Gasteiger partial charge in [0.25, 0.3) is 0 Å². The SMILES string of the molecule is C[C@H]1CCCCN1[C@H]1Cc2c(Cl)cc(Cl)cc2[C@@H]1Oc1ccc(S(=O)(=O)NCCOCCOCCNC(=O)NCCCCNC(=O)NCCOCCOCCNS(=O)(=O)c2ccc(O[C@H]3c4cc(Cl)cc(Cl)c4C[C@@H]3N3CCCC[C@@H]3C)cc2)cc1. The number of likely N-dealkylation sites (tertiary alicyclic amines) is 2. The lowest BCUT2D eigenvalue weighted by molar-refractivity contribution is 0.0343. The molecule has 20 nitrogen and oxygen atoms in total. The van der Waals surface area contributed by atoms with E-state index in [1.54, 1.807) is 36.4 Å². The number of rotatable bonds is 33. The number of unbranched alkanes of at least 4 members (excludes halogenated alkanes) is 1. The summed E-state index contributed by atoms with van der Waals surface area (Å²) in [5.74, 6) is 1.10. The average Bonchev–Trinajstić information content (AvgIpc) is 1.98. The van der Waals surface area contributed by atoms with E-state index in [0.29, 0.717) is 69.6 Å². The fourth-order valence-corrected chi connectivity index (χ4v) is 14.8. The van der Waals surface area contributed by atoms with Crippen molar-refractivity contribution < 1.29 is 54.8 Å². The van der Waals surface area contributed by atoms with E-state index in [2.05, 4.69) is 54.4 Å². The topological polar surface area (TPSA) is 236 Å². The predicted octanol–water partition coefficient (Wildman–Crippen LogP) is 8.84. The lowest BCUT2D eigenvalue weighted by atomic mass is 9.99. The molecule has 6 N–H and O–H groups in total. The van der Waals surface area contributed by atoms with E-state index in [1.165, 1.54) is 37.1 Å². The molecule has 4 aromatic carbocycles. The molecule has 0 unspecified atom stereocenters. The monoisotopic (exact) mass is 1310 g/mol. The molecule has 0 saturated carbocycles. The third kappa shape index (κ3) is 19.6. The number of carbonyl (C=O) groups is 2. The maximum atomic E-state index is 13.1. The summed E-state index contributed by atoms with van der Waals surface area (Å²) >= 11 is 26.2. The number of urea groups is 2. The molecule has 0 bridgehead atoms. The van der Waals surface area contributed by atoms with Crippen molar-refractivity contribution >= 4 is 78.5 Å². The van der Waals surface area contributed by atoms with Crippen molar-refractivity contribution in [1.82, 2.24) is 40.5 Å². The van der Waals surface area contributed by atoms with Gasteiger partial charge >= 0.3 is 12.1 Å². The normalized spacial score (nSPS) is 20.7. The Kier molecular flexibility index (Phi) is 26.4. The van der Waals surface area contributed by atoms with Gasteiger partial charge < -0.3 is 49.7 Å². The van der Waals surface area contributed by atoms with Gasteiger partial charge in [-0.1, -0.05) is 59.2 Å². The second-order valence-electron chi connectivity index (χ2n) is 22.0. The standard InChI is InChI=1S/C60H82Cl4N8O12S2/c1-41-9-3-7-25-71(41)55-39-49-51(35-43(61)37-53(49)63)57(55)83-45-11-15-47(16-12-45)85(75,76)69-23-29-81-33-31-79-27-21-67-59(73)65-19-5-6-20-66-60(74)68-22-28-80-32-34-82-30-24-70-86(77,78)48-17-13-46(14-18-48)84-58-52-36-44(62)38-54(64)50(52)40-56(58)72-26-8-4-10-42(72)2/h11-18,35-38,41-42,55-58,69-70H,3-10,19-34,39-40H2,1-2H3,(H2,65,67,73)(H2,66,68,74)/t41-,42-,55-,56-,57-,58-/m0/s1. The zero-order valence-electron chi connectivity index (χ0n) is 48.9. The van der Waals surface area contributed by atoms with Crippen LogP contribution >= 0.6 is 46.4 Å². The Bertz CT molecular complexity index is 2860. The fraction of sp³-hybridized carbons (Fsp3) is 0.567. The molecule has 0 spiro atoms. The van der Waals surface area contributed by atoms with Crippen molar-refractivity contribution in [2.75, 3.05) is 105 Å². The van der Waals surface area contributed by atoms with Crippen molar-refractivity contribution in [3.63, 3.8) is 0 Å². The zero-order valence-corrected chi connectivity index (χ0v) is 53.6. The van der Waals surface area contributed by atoms with Gasteiger partial charge in [0, 0.05) is 82.6 Å². The number of sulfonamides is 2. The lowest BCUT2D eigenvalue weighted by Gasteiger charge is -2.40. The first-order valence-electron chi connectivity index (χ1n) is 29.8. The van der Waals surface area contributed by atoms with E-state index >= 15 is 0 Å². The minimum Gasteiger partial charge on any atom is -0.484 e. The number of benzene rings is 4. The van der Waals surface area contributed by atoms with E-state index < -0.39 is 20.0 Å². The number of halogens is 4. The van der Waals surface area contributed by atoms with Gasteiger partial charge in [0.1, 0.15) is 23.7 Å². The number of piperidine rings is 2. The van der Waals surface area contributed by atoms with Crippen LogP contribution in [0.3, 0.4) is 0 Å². The average molecular weight is 1310 g/mol. The molecule has 2 aliphatic carbocycles. The van der Waals surface area contributed by atoms with Gasteiger partial charge in [0.15, 0.2) is 0 Å². The molecule has 4 aromatic rings. The Morgan fingerprint density at radius 3 is 1.22 bits per heavy atom. The van der Waals surface area contributed by atoms with Crippen LogP contribution in [0.15, 0.2) is 82.6 Å². The summed E-state index contributed by atoms with van der Waals surface area (Å²) in [5, 5.41) is 13.3. The van der Waals surface area contributed by atoms with E-state index in [0.717, 1.165) is 73.9 Å². The van der Waals surface area contributed by atoms with E-state index in [9.17, 15) is 26.4 Å². The number of nitrogens with one attached hydrogen (secondary N) is 6. The molecule has 474 valence electrons. The summed E-state index contributed by atoms with van der Waals surface area (Å²) in [6.07, 6.45) is 9.07. The number of nitrogens with zero attached hydrogens (tertiary/aromatic N) is 2. The Morgan fingerprint density at radius 1 is 0.488 bits per heavy atom. The van der Waals surface area contributed by atoms with Crippen LogP contribution in [-0.4, -0.2) is 168 Å². The summed E-state index contributed by atoms with van der Waals surface area (Å²) in [4.78, 5) is 29.5. The summed E-state index contributed by atoms with van der Waals surface area (Å²) < 4.78 is 92.7. The molecule has 2 saturated heterocycles. The van der Waals surface area contributed by atoms with Gasteiger partial charge in [0.2, 0.25) is 20.0 Å². The molecule has 2 heterocycles. The number of hydrogen-bond acceptors (Lipinski definition) is 14. The summed E-state index contributed by atoms with van der Waals surface area (Å²) in [6, 6.07) is 20.5. The smallest absolute Gasteiger partial charge is 0.314 e. The van der Waals surface area contributed by atoms with Crippen LogP contribution in [0.5, 0.6) is 11.5 Å². The third-order valence-corrected chi connectivity index (χ3v) is 20.0. The van der Waals surface area contributed by atoms with Crippen LogP contribution in [0.2, 0.25) is 20.1 Å². The molecule has 2 fully saturated rings. The predicted molar refractivity (Wildman–Crippen MR) is 333 cm³/mol. The van der Waals surface area contributed by atoms with E-state index in [1.807, 2.05) is 12.1 Å². The molecule has 4 aliphatic rings. The van der Waals surface area contributed by atoms with Gasteiger partial charge in [-0.05, 0) is 162 Å². The number of amides is 4. The molecule has 0 radical (unpaired) electrons. The highest BCUT2D eigenvalue weighted by atomic mass is 35.5. The second-order valence-corrected chi connectivity index (χ2v) is 27.2. The van der Waals surface area contributed by atoms with Crippen LogP contribution in [0, 0.1) is 0 Å². The number of fused-ring (bicyclic) bond motifs is 2. The Labute approximate surface area is 526 Å². The Balaban J connectivity index is 0.582. The zero-order chi connectivity index (χ0) is 61.1. The maximum Gasteiger partial charge on any atom is 0.314 e. The van der Waals surface area contributed by atoms with Gasteiger partial charge in [-0.15, -0.1) is 0 Å². The summed E-state index contributed by atoms with van der Waals surface area (Å²) in [7, 11) is -7.60. The molecule has 26 heteroatoms. The van der Waals surface area contributed by atoms with Crippen molar-refractivity contribution in [3.8, 4) is 11.5 Å². The molecule has 2 aliphatic heterocycles. The molecule has 8 rings (SSSR count). The Morgan fingerprint density at radius 2 is 0.849 bits per heavy atom. The van der Waals surface area contributed by atoms with Gasteiger partial charge in [-0.2, -0.15) is 0 Å². The van der Waals surface area contributed by atoms with Gasteiger partial charge in [0.05, 0.1) is 74.7 Å². The molecular formula is C60H82Cl4N8O12S2. The first kappa shape index (κ1) is 67.7. The van der Waals surface area contributed by atoms with Crippen molar-refractivity contribution in [2.24, 2.45) is 0 Å². The number of carbonyl (C=O) groups excluding carboxylic acids is 2. The maximum absolute atomic E-state index is 13.1. The summed E-state index contributed by atoms with van der Waals surface area (Å²) in [6.45, 7) is 9.81. The van der Waals surface area contributed by atoms with Crippen LogP contribution in [-0.2, 0) is 51.8 Å². The van der Waals surface area contributed by atoms with Crippen LogP contribution in [0.25, 0.3) is 0 Å². The highest BCUT2D eigenvalue weighted by molar-refractivity contribution is 7.89. The highest BCUT2D eigenvalue weighted by Crippen LogP contribution is 2.46. The molecule has 4 amide bonds.